The summed E-state index contributed by atoms with van der Waals surface area (Å²) in [6.07, 6.45) is -0.0325. The van der Waals surface area contributed by atoms with Crippen molar-refractivity contribution in [3.8, 4) is 0 Å². The molecule has 3 aliphatic rings. The highest BCUT2D eigenvalue weighted by Gasteiger charge is 2.33. The third kappa shape index (κ3) is 13.8. The van der Waals surface area contributed by atoms with Crippen LogP contribution in [0.5, 0.6) is 0 Å². The van der Waals surface area contributed by atoms with Crippen molar-refractivity contribution in [1.82, 2.24) is 39.7 Å². The summed E-state index contributed by atoms with van der Waals surface area (Å²) in [4.78, 5) is 84.4. The van der Waals surface area contributed by atoms with E-state index in [0.29, 0.717) is 52.4 Å². The second kappa shape index (κ2) is 20.3. The van der Waals surface area contributed by atoms with Gasteiger partial charge in [-0.2, -0.15) is 0 Å². The summed E-state index contributed by atoms with van der Waals surface area (Å²) in [5, 5.41) is 44.5. The van der Waals surface area contributed by atoms with Gasteiger partial charge in [-0.15, -0.1) is 0 Å². The lowest BCUT2D eigenvalue weighted by molar-refractivity contribution is -0.147. The molecule has 2 atom stereocenters. The van der Waals surface area contributed by atoms with E-state index in [1.54, 1.807) is 34.4 Å². The van der Waals surface area contributed by atoms with Crippen LogP contribution in [0.4, 0.5) is 0 Å². The third-order valence-corrected chi connectivity index (χ3v) is 9.38. The summed E-state index contributed by atoms with van der Waals surface area (Å²) in [5.41, 5.74) is 0. The summed E-state index contributed by atoms with van der Waals surface area (Å²) in [5.74, 6) is 0.960. The highest BCUT2D eigenvalue weighted by Crippen LogP contribution is 2.16. The number of rotatable bonds is 14. The van der Waals surface area contributed by atoms with E-state index in [9.17, 15) is 49.2 Å². The number of hydrogen-bond acceptors (Lipinski definition) is 13. The van der Waals surface area contributed by atoms with Gasteiger partial charge in [0.25, 0.3) is 0 Å². The fourth-order valence-corrected chi connectivity index (χ4v) is 6.50. The van der Waals surface area contributed by atoms with Crippen LogP contribution >= 0.6 is 0 Å². The van der Waals surface area contributed by atoms with Crippen molar-refractivity contribution in [2.24, 2.45) is 5.84 Å². The average molecular weight is 700 g/mol. The number of nitrogens with one attached hydrogen (secondary N) is 1. The molecule has 0 aromatic carbocycles. The molecule has 3 fully saturated rings. The van der Waals surface area contributed by atoms with Crippen molar-refractivity contribution >= 4 is 35.7 Å². The van der Waals surface area contributed by atoms with E-state index in [1.165, 1.54) is 0 Å². The Morgan fingerprint density at radius 3 is 1.29 bits per heavy atom. The zero-order valence-electron chi connectivity index (χ0n) is 28.2. The number of carbonyl (C=O) groups is 6. The first kappa shape index (κ1) is 40.0. The van der Waals surface area contributed by atoms with Crippen LogP contribution < -0.4 is 11.2 Å². The Balaban J connectivity index is 1.82. The SMILES string of the molecule is NN1CCN(C(=O)CCC(C(=O)O)N2CCN(CC(=O)O)CCN(CC(=O)O)CCN(C(CCC(=O)N3CCNCC3)C(=O)O)CC2)CC1. The number of nitrogens with zero attached hydrogens (tertiary/aromatic N) is 7. The second-order valence-corrected chi connectivity index (χ2v) is 12.7. The summed E-state index contributed by atoms with van der Waals surface area (Å²) in [6.45, 7) is 4.59. The molecule has 0 radical (unpaired) electrons. The summed E-state index contributed by atoms with van der Waals surface area (Å²) >= 11 is 0. The molecule has 3 rings (SSSR count). The molecular formula is C30H53N9O10. The van der Waals surface area contributed by atoms with Crippen molar-refractivity contribution in [3.05, 3.63) is 0 Å². The molecule has 0 saturated carbocycles. The van der Waals surface area contributed by atoms with Crippen LogP contribution in [-0.4, -0.2) is 220 Å². The molecule has 19 heteroatoms. The van der Waals surface area contributed by atoms with Gasteiger partial charge < -0.3 is 35.5 Å². The van der Waals surface area contributed by atoms with Crippen LogP contribution in [0.1, 0.15) is 25.7 Å². The normalized spacial score (nSPS) is 21.7. The van der Waals surface area contributed by atoms with Crippen LogP contribution in [0, 0.1) is 0 Å². The molecule has 2 unspecified atom stereocenters. The summed E-state index contributed by atoms with van der Waals surface area (Å²) < 4.78 is 0. The Morgan fingerprint density at radius 2 is 0.898 bits per heavy atom. The Morgan fingerprint density at radius 1 is 0.531 bits per heavy atom. The minimum atomic E-state index is -1.16. The molecule has 2 amide bonds. The largest absolute Gasteiger partial charge is 0.480 e. The number of carbonyl (C=O) groups excluding carboxylic acids is 2. The number of piperazine rings is 2. The molecule has 7 N–H and O–H groups in total. The molecule has 3 aliphatic heterocycles. The van der Waals surface area contributed by atoms with Crippen molar-refractivity contribution in [3.63, 3.8) is 0 Å². The first-order valence-corrected chi connectivity index (χ1v) is 16.9. The number of amides is 2. The maximum atomic E-state index is 13.0. The van der Waals surface area contributed by atoms with E-state index < -0.39 is 36.0 Å². The monoisotopic (exact) mass is 699 g/mol. The Kier molecular flexibility index (Phi) is 16.5. The van der Waals surface area contributed by atoms with E-state index in [2.05, 4.69) is 5.32 Å². The molecule has 278 valence electrons. The van der Waals surface area contributed by atoms with Gasteiger partial charge in [-0.05, 0) is 12.8 Å². The molecule has 0 aromatic rings. The minimum absolute atomic E-state index is 0.00154. The van der Waals surface area contributed by atoms with Gasteiger partial charge in [0.1, 0.15) is 12.1 Å². The van der Waals surface area contributed by atoms with Gasteiger partial charge in [0, 0.05) is 118 Å². The smallest absolute Gasteiger partial charge is 0.320 e. The topological polar surface area (TPSA) is 244 Å². The van der Waals surface area contributed by atoms with Gasteiger partial charge in [-0.3, -0.25) is 54.2 Å². The van der Waals surface area contributed by atoms with E-state index >= 15 is 0 Å². The minimum Gasteiger partial charge on any atom is -0.480 e. The maximum absolute atomic E-state index is 13.0. The molecular weight excluding hydrogens is 646 g/mol. The molecule has 0 bridgehead atoms. The van der Waals surface area contributed by atoms with Crippen molar-refractivity contribution in [2.75, 3.05) is 118 Å². The molecule has 19 nitrogen and oxygen atoms in total. The van der Waals surface area contributed by atoms with Gasteiger partial charge >= 0.3 is 23.9 Å². The van der Waals surface area contributed by atoms with Crippen molar-refractivity contribution in [1.29, 1.82) is 0 Å². The quantitative estimate of drug-likeness (QED) is 0.0955. The predicted octanol–water partition coefficient (Wildman–Crippen LogP) is -3.71. The lowest BCUT2D eigenvalue weighted by atomic mass is 10.1. The molecule has 0 aliphatic carbocycles. The maximum Gasteiger partial charge on any atom is 0.320 e. The van der Waals surface area contributed by atoms with Crippen molar-refractivity contribution < 1.29 is 49.2 Å². The van der Waals surface area contributed by atoms with E-state index in [-0.39, 0.29) is 103 Å². The lowest BCUT2D eigenvalue weighted by Gasteiger charge is -2.37. The van der Waals surface area contributed by atoms with E-state index in [4.69, 9.17) is 5.84 Å². The second-order valence-electron chi connectivity index (χ2n) is 12.7. The molecule has 49 heavy (non-hydrogen) atoms. The Labute approximate surface area is 286 Å². The molecule has 0 aromatic heterocycles. The van der Waals surface area contributed by atoms with Gasteiger partial charge in [-0.25, -0.2) is 5.01 Å². The number of aliphatic carboxylic acids is 4. The standard InChI is InChI=1S/C30H53N9O10/c31-39-19-17-38(18-20-39)26(41)4-2-24(30(48)49)36-14-12-34(22-28(44)45)10-9-33(21-27(42)43)11-13-35(15-16-36)23(29(46)47)1-3-25(40)37-7-5-32-6-8-37/h23-24,32H,1-22,31H2,(H,42,43)(H,44,45)(H,46,47)(H,48,49). The summed E-state index contributed by atoms with van der Waals surface area (Å²) in [7, 11) is 0. The Hall–Kier alpha value is -3.46. The fraction of sp³-hybridized carbons (Fsp3) is 0.800. The fourth-order valence-electron chi connectivity index (χ4n) is 6.50. The molecule has 0 spiro atoms. The first-order chi connectivity index (χ1) is 23.3. The average Bonchev–Trinajstić information content (AvgIpc) is 3.05. The molecule has 3 saturated heterocycles. The zero-order valence-corrected chi connectivity index (χ0v) is 28.2. The van der Waals surface area contributed by atoms with E-state index in [1.807, 2.05) is 0 Å². The Bertz CT molecular complexity index is 1130. The molecule has 3 heterocycles. The van der Waals surface area contributed by atoms with Crippen LogP contribution in [0.2, 0.25) is 0 Å². The van der Waals surface area contributed by atoms with E-state index in [0.717, 1.165) is 0 Å². The van der Waals surface area contributed by atoms with Gasteiger partial charge in [0.15, 0.2) is 0 Å². The highest BCUT2D eigenvalue weighted by atomic mass is 16.4. The van der Waals surface area contributed by atoms with Crippen LogP contribution in [0.15, 0.2) is 0 Å². The van der Waals surface area contributed by atoms with Crippen molar-refractivity contribution in [2.45, 2.75) is 37.8 Å². The third-order valence-electron chi connectivity index (χ3n) is 9.38. The van der Waals surface area contributed by atoms with Crippen LogP contribution in [-0.2, 0) is 28.8 Å². The first-order valence-electron chi connectivity index (χ1n) is 16.9. The summed E-state index contributed by atoms with van der Waals surface area (Å²) in [6, 6.07) is -2.21. The highest BCUT2D eigenvalue weighted by molar-refractivity contribution is 5.79. The van der Waals surface area contributed by atoms with Gasteiger partial charge in [0.2, 0.25) is 11.8 Å². The predicted molar refractivity (Wildman–Crippen MR) is 174 cm³/mol. The number of nitrogens with two attached hydrogens (primary N) is 1. The zero-order chi connectivity index (χ0) is 35.9. The number of hydrazine groups is 1. The van der Waals surface area contributed by atoms with Crippen LogP contribution in [0.25, 0.3) is 0 Å². The number of hydrogen-bond donors (Lipinski definition) is 6. The van der Waals surface area contributed by atoms with Gasteiger partial charge in [-0.1, -0.05) is 0 Å². The number of carboxylic acids is 4. The number of carboxylic acid groups (broad SMARTS) is 4. The van der Waals surface area contributed by atoms with Crippen LogP contribution in [0.3, 0.4) is 0 Å². The van der Waals surface area contributed by atoms with Gasteiger partial charge in [0.05, 0.1) is 13.1 Å². The lowest BCUT2D eigenvalue weighted by Crippen LogP contribution is -2.54.